The highest BCUT2D eigenvalue weighted by molar-refractivity contribution is 5.50. The minimum Gasteiger partial charge on any atom is -0.363 e. The number of rotatable bonds is 8. The lowest BCUT2D eigenvalue weighted by Crippen LogP contribution is -2.51. The molecule has 0 aliphatic carbocycles. The van der Waals surface area contributed by atoms with Gasteiger partial charge in [0.2, 0.25) is 0 Å². The maximum atomic E-state index is 14.6. The summed E-state index contributed by atoms with van der Waals surface area (Å²) in [6.45, 7) is 2.46. The third kappa shape index (κ3) is 6.25. The topological polar surface area (TPSA) is 76.5 Å². The molecular weight excluding hydrogens is 569 g/mol. The quantitative estimate of drug-likeness (QED) is 0.244. The minimum absolute atomic E-state index is 0.156. The predicted molar refractivity (Wildman–Crippen MR) is 152 cm³/mol. The molecule has 1 aromatic heterocycles. The van der Waals surface area contributed by atoms with E-state index in [0.717, 1.165) is 28.8 Å². The van der Waals surface area contributed by atoms with Crippen LogP contribution >= 0.6 is 0 Å². The Labute approximate surface area is 244 Å². The molecule has 3 aromatic carbocycles. The van der Waals surface area contributed by atoms with E-state index in [9.17, 15) is 31.5 Å². The van der Waals surface area contributed by atoms with E-state index in [1.807, 2.05) is 11.0 Å². The number of anilines is 1. The number of hydrogen-bond acceptors (Lipinski definition) is 5. The fourth-order valence-corrected chi connectivity index (χ4v) is 5.43. The van der Waals surface area contributed by atoms with Crippen LogP contribution in [0.3, 0.4) is 0 Å². The van der Waals surface area contributed by atoms with Gasteiger partial charge in [-0.05, 0) is 42.3 Å². The first kappa shape index (κ1) is 30.2. The molecule has 4 aromatic rings. The van der Waals surface area contributed by atoms with Crippen molar-refractivity contribution in [3.05, 3.63) is 133 Å². The van der Waals surface area contributed by atoms with E-state index < -0.39 is 52.9 Å². The fourth-order valence-electron chi connectivity index (χ4n) is 5.43. The van der Waals surface area contributed by atoms with Crippen LogP contribution in [0.25, 0.3) is 0 Å². The maximum Gasteiger partial charge on any atom is 0.331 e. The molecule has 2 heterocycles. The van der Waals surface area contributed by atoms with Gasteiger partial charge in [-0.3, -0.25) is 18.8 Å². The van der Waals surface area contributed by atoms with Gasteiger partial charge >= 0.3 is 5.69 Å². The van der Waals surface area contributed by atoms with Gasteiger partial charge in [-0.1, -0.05) is 36.4 Å². The van der Waals surface area contributed by atoms with Crippen molar-refractivity contribution in [1.82, 2.24) is 14.0 Å². The Kier molecular flexibility index (Phi) is 8.79. The van der Waals surface area contributed by atoms with Crippen LogP contribution in [0.1, 0.15) is 28.4 Å². The molecule has 2 N–H and O–H groups in total. The first-order chi connectivity index (χ1) is 20.5. The second-order valence-corrected chi connectivity index (χ2v) is 10.6. The Morgan fingerprint density at radius 3 is 1.98 bits per heavy atom. The molecule has 1 fully saturated rings. The van der Waals surface area contributed by atoms with E-state index >= 15 is 0 Å². The molecule has 1 unspecified atom stereocenters. The highest BCUT2D eigenvalue weighted by Gasteiger charge is 2.27. The average Bonchev–Trinajstić information content (AvgIpc) is 2.98. The zero-order chi connectivity index (χ0) is 30.8. The van der Waals surface area contributed by atoms with Gasteiger partial charge < -0.3 is 10.6 Å². The zero-order valence-corrected chi connectivity index (χ0v) is 23.4. The molecule has 0 bridgehead atoms. The Bertz CT molecular complexity index is 1710. The molecular formula is C31H30F5N5O2. The predicted octanol–water partition coefficient (Wildman–Crippen LogP) is 4.08. The second-order valence-electron chi connectivity index (χ2n) is 10.6. The van der Waals surface area contributed by atoms with E-state index in [-0.39, 0.29) is 35.6 Å². The number of piperazine rings is 1. The van der Waals surface area contributed by atoms with E-state index in [4.69, 9.17) is 5.73 Å². The third-order valence-corrected chi connectivity index (χ3v) is 7.78. The van der Waals surface area contributed by atoms with E-state index in [0.29, 0.717) is 31.7 Å². The van der Waals surface area contributed by atoms with E-state index in [2.05, 4.69) is 0 Å². The number of aromatic nitrogens is 2. The van der Waals surface area contributed by atoms with Crippen molar-refractivity contribution in [3.8, 4) is 0 Å². The van der Waals surface area contributed by atoms with Crippen LogP contribution in [-0.4, -0.2) is 40.2 Å². The maximum absolute atomic E-state index is 14.6. The van der Waals surface area contributed by atoms with E-state index in [1.165, 1.54) is 10.6 Å². The SMILES string of the molecule is Cc1c(N2CCN(Cc3cc(F)c(F)c(F)c3)CC2)c(=O)n(CC(N)c2ccccc2)c(=O)n1Cc1c(F)cccc1F. The standard InChI is InChI=1S/C31H30F5N5O2/c1-19-29(39-12-10-38(11-13-39)16-20-14-25(34)28(36)26(35)15-20)30(42)41(18-27(37)21-6-3-2-4-7-21)31(43)40(19)17-22-23(32)8-5-9-24(22)33/h2-9,14-15,27H,10-13,16-18,37H2,1H3. The van der Waals surface area contributed by atoms with Gasteiger partial charge in [0.05, 0.1) is 13.1 Å². The molecule has 5 rings (SSSR count). The Hall–Kier alpha value is -4.29. The molecule has 7 nitrogen and oxygen atoms in total. The van der Waals surface area contributed by atoms with Crippen molar-refractivity contribution in [2.75, 3.05) is 31.1 Å². The van der Waals surface area contributed by atoms with Crippen LogP contribution in [0.15, 0.2) is 70.3 Å². The van der Waals surface area contributed by atoms with Crippen molar-refractivity contribution in [1.29, 1.82) is 0 Å². The zero-order valence-electron chi connectivity index (χ0n) is 23.4. The van der Waals surface area contributed by atoms with Gasteiger partial charge in [-0.15, -0.1) is 0 Å². The summed E-state index contributed by atoms with van der Waals surface area (Å²) < 4.78 is 72.2. The lowest BCUT2D eigenvalue weighted by Gasteiger charge is -2.37. The van der Waals surface area contributed by atoms with Crippen LogP contribution in [0.5, 0.6) is 0 Å². The summed E-state index contributed by atoms with van der Waals surface area (Å²) in [4.78, 5) is 31.2. The summed E-state index contributed by atoms with van der Waals surface area (Å²) in [5.41, 5.74) is 6.11. The summed E-state index contributed by atoms with van der Waals surface area (Å²) >= 11 is 0. The largest absolute Gasteiger partial charge is 0.363 e. The molecule has 1 atom stereocenters. The van der Waals surface area contributed by atoms with Crippen molar-refractivity contribution in [3.63, 3.8) is 0 Å². The van der Waals surface area contributed by atoms with Crippen LogP contribution in [0.2, 0.25) is 0 Å². The number of halogens is 5. The number of nitrogens with zero attached hydrogens (tertiary/aromatic N) is 4. The van der Waals surface area contributed by atoms with Gasteiger partial charge in [-0.25, -0.2) is 26.7 Å². The molecule has 43 heavy (non-hydrogen) atoms. The Morgan fingerprint density at radius 2 is 1.37 bits per heavy atom. The van der Waals surface area contributed by atoms with Crippen molar-refractivity contribution >= 4 is 5.69 Å². The summed E-state index contributed by atoms with van der Waals surface area (Å²) in [7, 11) is 0. The molecule has 1 aliphatic heterocycles. The Balaban J connectivity index is 1.48. The molecule has 0 saturated carbocycles. The van der Waals surface area contributed by atoms with Gasteiger partial charge in [0, 0.05) is 50.0 Å². The van der Waals surface area contributed by atoms with Crippen molar-refractivity contribution < 1.29 is 22.0 Å². The monoisotopic (exact) mass is 599 g/mol. The first-order valence-electron chi connectivity index (χ1n) is 13.7. The number of hydrogen-bond donors (Lipinski definition) is 1. The third-order valence-electron chi connectivity index (χ3n) is 7.78. The van der Waals surface area contributed by atoms with Gasteiger partial charge in [0.15, 0.2) is 17.5 Å². The summed E-state index contributed by atoms with van der Waals surface area (Å²) in [5.74, 6) is -5.72. The summed E-state index contributed by atoms with van der Waals surface area (Å²) in [5, 5.41) is 0. The molecule has 226 valence electrons. The highest BCUT2D eigenvalue weighted by atomic mass is 19.2. The average molecular weight is 600 g/mol. The highest BCUT2D eigenvalue weighted by Crippen LogP contribution is 2.22. The van der Waals surface area contributed by atoms with Crippen LogP contribution in [-0.2, 0) is 19.6 Å². The second kappa shape index (κ2) is 12.5. The number of benzene rings is 3. The molecule has 0 radical (unpaired) electrons. The molecule has 0 spiro atoms. The lowest BCUT2D eigenvalue weighted by molar-refractivity contribution is 0.248. The fraction of sp³-hybridized carbons (Fsp3) is 0.290. The summed E-state index contributed by atoms with van der Waals surface area (Å²) in [6.07, 6.45) is 0. The molecule has 1 saturated heterocycles. The van der Waals surface area contributed by atoms with Crippen LogP contribution < -0.4 is 21.9 Å². The van der Waals surface area contributed by atoms with Gasteiger partial charge in [-0.2, -0.15) is 0 Å². The van der Waals surface area contributed by atoms with Crippen LogP contribution in [0, 0.1) is 36.0 Å². The Morgan fingerprint density at radius 1 is 0.767 bits per heavy atom. The lowest BCUT2D eigenvalue weighted by atomic mass is 10.1. The van der Waals surface area contributed by atoms with Crippen molar-refractivity contribution in [2.24, 2.45) is 5.73 Å². The van der Waals surface area contributed by atoms with E-state index in [1.54, 1.807) is 36.1 Å². The molecule has 1 aliphatic rings. The van der Waals surface area contributed by atoms with Gasteiger partial charge in [0.1, 0.15) is 17.3 Å². The first-order valence-corrected chi connectivity index (χ1v) is 13.7. The molecule has 12 heteroatoms. The summed E-state index contributed by atoms with van der Waals surface area (Å²) in [6, 6.07) is 13.5. The smallest absolute Gasteiger partial charge is 0.331 e. The molecule has 0 amide bonds. The number of nitrogens with two attached hydrogens (primary N) is 1. The van der Waals surface area contributed by atoms with Crippen LogP contribution in [0.4, 0.5) is 27.6 Å². The normalized spacial score (nSPS) is 14.7. The van der Waals surface area contributed by atoms with Crippen molar-refractivity contribution in [2.45, 2.75) is 32.6 Å². The van der Waals surface area contributed by atoms with Gasteiger partial charge in [0.25, 0.3) is 5.56 Å². The minimum atomic E-state index is -1.53.